The lowest BCUT2D eigenvalue weighted by Gasteiger charge is -2.16. The highest BCUT2D eigenvalue weighted by Gasteiger charge is 2.09. The van der Waals surface area contributed by atoms with E-state index in [-0.39, 0.29) is 11.9 Å². The smallest absolute Gasteiger partial charge is 0.123 e. The fourth-order valence-electron chi connectivity index (χ4n) is 2.33. The molecule has 0 heterocycles. The molecule has 0 aliphatic heterocycles. The second-order valence-corrected chi connectivity index (χ2v) is 6.49. The van der Waals surface area contributed by atoms with Crippen molar-refractivity contribution in [1.82, 2.24) is 5.32 Å². The van der Waals surface area contributed by atoms with Gasteiger partial charge in [-0.1, -0.05) is 39.7 Å². The number of rotatable bonds is 5. The van der Waals surface area contributed by atoms with Gasteiger partial charge in [0, 0.05) is 15.5 Å². The molecule has 0 bridgehead atoms. The highest BCUT2D eigenvalue weighted by molar-refractivity contribution is 9.10. The molecule has 0 aliphatic rings. The molecule has 0 saturated carbocycles. The number of hydrogen-bond acceptors (Lipinski definition) is 1. The van der Waals surface area contributed by atoms with Gasteiger partial charge in [0.15, 0.2) is 0 Å². The third kappa shape index (κ3) is 4.53. The molecule has 0 aromatic heterocycles. The van der Waals surface area contributed by atoms with Gasteiger partial charge in [-0.05, 0) is 67.8 Å². The number of aryl methyl sites for hydroxylation is 1. The largest absolute Gasteiger partial charge is 0.310 e. The van der Waals surface area contributed by atoms with Crippen molar-refractivity contribution in [3.05, 3.63) is 68.4 Å². The summed E-state index contributed by atoms with van der Waals surface area (Å²) in [5, 5.41) is 4.21. The molecule has 21 heavy (non-hydrogen) atoms. The van der Waals surface area contributed by atoms with Crippen LogP contribution in [0.1, 0.15) is 29.7 Å². The van der Waals surface area contributed by atoms with Crippen LogP contribution in [-0.2, 0) is 6.42 Å². The van der Waals surface area contributed by atoms with E-state index < -0.39 is 0 Å². The second-order valence-electron chi connectivity index (χ2n) is 5.16. The molecule has 2 aromatic rings. The summed E-state index contributed by atoms with van der Waals surface area (Å²) in [5.74, 6) is -0.181. The van der Waals surface area contributed by atoms with Crippen molar-refractivity contribution < 1.29 is 4.39 Å². The Morgan fingerprint density at radius 1 is 1.24 bits per heavy atom. The fraction of sp³-hybridized carbons (Fsp3) is 0.294. The topological polar surface area (TPSA) is 12.0 Å². The maximum absolute atomic E-state index is 13.1. The first-order chi connectivity index (χ1) is 9.97. The zero-order valence-corrected chi connectivity index (χ0v) is 14.4. The van der Waals surface area contributed by atoms with E-state index in [4.69, 9.17) is 11.6 Å². The van der Waals surface area contributed by atoms with Crippen molar-refractivity contribution in [2.24, 2.45) is 0 Å². The van der Waals surface area contributed by atoms with Gasteiger partial charge in [-0.25, -0.2) is 4.39 Å². The van der Waals surface area contributed by atoms with Gasteiger partial charge in [0.2, 0.25) is 0 Å². The molecule has 4 heteroatoms. The van der Waals surface area contributed by atoms with Crippen molar-refractivity contribution >= 4 is 27.5 Å². The van der Waals surface area contributed by atoms with Crippen LogP contribution in [0, 0.1) is 12.7 Å². The average Bonchev–Trinajstić information content (AvgIpc) is 2.41. The van der Waals surface area contributed by atoms with E-state index in [1.54, 1.807) is 6.07 Å². The molecule has 1 atom stereocenters. The highest BCUT2D eigenvalue weighted by atomic mass is 79.9. The molecule has 0 saturated heterocycles. The van der Waals surface area contributed by atoms with E-state index in [2.05, 4.69) is 28.2 Å². The first-order valence-electron chi connectivity index (χ1n) is 6.90. The summed E-state index contributed by atoms with van der Waals surface area (Å²) in [6.45, 7) is 4.85. The zero-order valence-electron chi connectivity index (χ0n) is 12.1. The molecule has 2 aromatic carbocycles. The van der Waals surface area contributed by atoms with Gasteiger partial charge in [-0.15, -0.1) is 0 Å². The quantitative estimate of drug-likeness (QED) is 0.738. The lowest BCUT2D eigenvalue weighted by Crippen LogP contribution is -2.21. The van der Waals surface area contributed by atoms with Crippen LogP contribution in [-0.4, -0.2) is 6.54 Å². The Balaban J connectivity index is 1.93. The van der Waals surface area contributed by atoms with Crippen LogP contribution in [0.25, 0.3) is 0 Å². The van der Waals surface area contributed by atoms with E-state index in [9.17, 15) is 4.39 Å². The Morgan fingerprint density at radius 3 is 2.67 bits per heavy atom. The van der Waals surface area contributed by atoms with Crippen molar-refractivity contribution in [2.75, 3.05) is 6.54 Å². The zero-order chi connectivity index (χ0) is 15.4. The fourth-order valence-corrected chi connectivity index (χ4v) is 3.16. The monoisotopic (exact) mass is 369 g/mol. The van der Waals surface area contributed by atoms with Crippen LogP contribution in [0.2, 0.25) is 5.02 Å². The summed E-state index contributed by atoms with van der Waals surface area (Å²) in [6, 6.07) is 11.0. The van der Waals surface area contributed by atoms with Gasteiger partial charge in [0.05, 0.1) is 0 Å². The maximum Gasteiger partial charge on any atom is 0.123 e. The molecule has 0 fully saturated rings. The number of benzene rings is 2. The van der Waals surface area contributed by atoms with Gasteiger partial charge in [-0.3, -0.25) is 0 Å². The Bertz CT molecular complexity index is 630. The molecule has 0 amide bonds. The first-order valence-corrected chi connectivity index (χ1v) is 8.08. The SMILES string of the molecule is Cc1cc(F)ccc1CCNC(C)c1ccc(Br)cc1Cl. The number of halogens is 3. The van der Waals surface area contributed by atoms with Crippen LogP contribution in [0.4, 0.5) is 4.39 Å². The molecule has 1 N–H and O–H groups in total. The van der Waals surface area contributed by atoms with Crippen molar-refractivity contribution in [3.63, 3.8) is 0 Å². The van der Waals surface area contributed by atoms with Gasteiger partial charge >= 0.3 is 0 Å². The summed E-state index contributed by atoms with van der Waals surface area (Å²) >= 11 is 9.66. The van der Waals surface area contributed by atoms with Crippen LogP contribution in [0.3, 0.4) is 0 Å². The molecule has 1 unspecified atom stereocenters. The Labute approximate surface area is 138 Å². The van der Waals surface area contributed by atoms with E-state index in [0.717, 1.165) is 39.2 Å². The lowest BCUT2D eigenvalue weighted by atomic mass is 10.0. The van der Waals surface area contributed by atoms with E-state index in [0.29, 0.717) is 0 Å². The summed E-state index contributed by atoms with van der Waals surface area (Å²) in [6.07, 6.45) is 0.866. The highest BCUT2D eigenvalue weighted by Crippen LogP contribution is 2.26. The van der Waals surface area contributed by atoms with Crippen molar-refractivity contribution in [1.29, 1.82) is 0 Å². The third-order valence-corrected chi connectivity index (χ3v) is 4.40. The maximum atomic E-state index is 13.1. The molecule has 0 aliphatic carbocycles. The normalized spacial score (nSPS) is 12.4. The Hall–Kier alpha value is -0.900. The molecule has 0 spiro atoms. The minimum Gasteiger partial charge on any atom is -0.310 e. The average molecular weight is 371 g/mol. The summed E-state index contributed by atoms with van der Waals surface area (Å²) in [5.41, 5.74) is 3.24. The van der Waals surface area contributed by atoms with E-state index in [1.165, 1.54) is 6.07 Å². The third-order valence-electron chi connectivity index (χ3n) is 3.58. The Morgan fingerprint density at radius 2 is 2.00 bits per heavy atom. The van der Waals surface area contributed by atoms with Gasteiger partial charge in [0.25, 0.3) is 0 Å². The number of hydrogen-bond donors (Lipinski definition) is 1. The molecule has 112 valence electrons. The lowest BCUT2D eigenvalue weighted by molar-refractivity contribution is 0.575. The second kappa shape index (κ2) is 7.39. The Kier molecular flexibility index (Phi) is 5.80. The number of nitrogens with one attached hydrogen (secondary N) is 1. The predicted molar refractivity (Wildman–Crippen MR) is 90.4 cm³/mol. The summed E-state index contributed by atoms with van der Waals surface area (Å²) in [7, 11) is 0. The van der Waals surface area contributed by atoms with Crippen molar-refractivity contribution in [3.8, 4) is 0 Å². The van der Waals surface area contributed by atoms with Crippen LogP contribution >= 0.6 is 27.5 Å². The first kappa shape index (κ1) is 16.5. The van der Waals surface area contributed by atoms with Crippen LogP contribution < -0.4 is 5.32 Å². The predicted octanol–water partition coefficient (Wildman–Crippen LogP) is 5.44. The van der Waals surface area contributed by atoms with Gasteiger partial charge in [-0.2, -0.15) is 0 Å². The minimum atomic E-state index is -0.181. The molecule has 0 radical (unpaired) electrons. The standard InChI is InChI=1S/C17H18BrClFN/c1-11-9-15(20)5-3-13(11)7-8-21-12(2)16-6-4-14(18)10-17(16)19/h3-6,9-10,12,21H,7-8H2,1-2H3. The molecular weight excluding hydrogens is 353 g/mol. The van der Waals surface area contributed by atoms with E-state index in [1.807, 2.05) is 31.2 Å². The van der Waals surface area contributed by atoms with Crippen LogP contribution in [0.15, 0.2) is 40.9 Å². The van der Waals surface area contributed by atoms with E-state index >= 15 is 0 Å². The summed E-state index contributed by atoms with van der Waals surface area (Å²) < 4.78 is 14.0. The summed E-state index contributed by atoms with van der Waals surface area (Å²) in [4.78, 5) is 0. The molecular formula is C17H18BrClFN. The van der Waals surface area contributed by atoms with Gasteiger partial charge < -0.3 is 5.32 Å². The van der Waals surface area contributed by atoms with Gasteiger partial charge in [0.1, 0.15) is 5.82 Å². The van der Waals surface area contributed by atoms with Crippen LogP contribution in [0.5, 0.6) is 0 Å². The molecule has 2 rings (SSSR count). The molecule has 1 nitrogen and oxygen atoms in total. The van der Waals surface area contributed by atoms with Crippen molar-refractivity contribution in [2.45, 2.75) is 26.3 Å². The minimum absolute atomic E-state index is 0.173.